The SMILES string of the molecule is CCCc1c[c]c(OC)c(-c2cc(CC)ccc2Br)c1. The summed E-state index contributed by atoms with van der Waals surface area (Å²) in [5.41, 5.74) is 4.92. The largest absolute Gasteiger partial charge is 0.495 e. The molecule has 0 amide bonds. The highest BCUT2D eigenvalue weighted by Crippen LogP contribution is 2.36. The molecule has 0 atom stereocenters. The van der Waals surface area contributed by atoms with E-state index in [0.717, 1.165) is 35.0 Å². The van der Waals surface area contributed by atoms with Gasteiger partial charge >= 0.3 is 0 Å². The van der Waals surface area contributed by atoms with E-state index in [1.54, 1.807) is 7.11 Å². The predicted octanol–water partition coefficient (Wildman–Crippen LogP) is 5.44. The molecule has 1 nitrogen and oxygen atoms in total. The van der Waals surface area contributed by atoms with E-state index in [-0.39, 0.29) is 0 Å². The number of methoxy groups -OCH3 is 1. The molecular formula is C18H20BrO. The molecule has 2 aromatic rings. The minimum atomic E-state index is 0.804. The van der Waals surface area contributed by atoms with Crippen LogP contribution in [-0.4, -0.2) is 7.11 Å². The quantitative estimate of drug-likeness (QED) is 0.708. The molecule has 20 heavy (non-hydrogen) atoms. The van der Waals surface area contributed by atoms with Crippen LogP contribution in [0.15, 0.2) is 34.8 Å². The fourth-order valence-electron chi connectivity index (χ4n) is 2.33. The monoisotopic (exact) mass is 331 g/mol. The van der Waals surface area contributed by atoms with Crippen LogP contribution in [0.2, 0.25) is 0 Å². The Balaban J connectivity index is 2.57. The molecule has 0 aliphatic carbocycles. The van der Waals surface area contributed by atoms with Gasteiger partial charge in [-0.25, -0.2) is 0 Å². The van der Waals surface area contributed by atoms with E-state index in [0.29, 0.717) is 0 Å². The first kappa shape index (κ1) is 15.1. The molecule has 0 unspecified atom stereocenters. The van der Waals surface area contributed by atoms with E-state index in [9.17, 15) is 0 Å². The van der Waals surface area contributed by atoms with E-state index in [1.807, 2.05) is 6.07 Å². The zero-order valence-corrected chi connectivity index (χ0v) is 13.9. The predicted molar refractivity (Wildman–Crippen MR) is 88.3 cm³/mol. The van der Waals surface area contributed by atoms with Gasteiger partial charge in [0.25, 0.3) is 0 Å². The Bertz CT molecular complexity index is 590. The van der Waals surface area contributed by atoms with Crippen molar-refractivity contribution in [2.24, 2.45) is 0 Å². The van der Waals surface area contributed by atoms with E-state index in [1.165, 1.54) is 16.7 Å². The molecule has 2 aromatic carbocycles. The Kier molecular flexibility index (Phi) is 5.24. The van der Waals surface area contributed by atoms with E-state index in [2.05, 4.69) is 60.1 Å². The number of aryl methyl sites for hydroxylation is 2. The second-order valence-corrected chi connectivity index (χ2v) is 5.73. The number of halogens is 1. The number of ether oxygens (including phenoxy) is 1. The zero-order valence-electron chi connectivity index (χ0n) is 12.3. The van der Waals surface area contributed by atoms with Gasteiger partial charge in [0.1, 0.15) is 5.75 Å². The summed E-state index contributed by atoms with van der Waals surface area (Å²) in [7, 11) is 1.70. The molecule has 0 saturated heterocycles. The maximum Gasteiger partial charge on any atom is 0.134 e. The highest BCUT2D eigenvalue weighted by atomic mass is 79.9. The fourth-order valence-corrected chi connectivity index (χ4v) is 2.79. The average molecular weight is 332 g/mol. The van der Waals surface area contributed by atoms with Crippen LogP contribution in [0.5, 0.6) is 5.75 Å². The fraction of sp³-hybridized carbons (Fsp3) is 0.333. The van der Waals surface area contributed by atoms with Gasteiger partial charge in [0.05, 0.1) is 7.11 Å². The molecule has 0 aliphatic rings. The molecule has 2 rings (SSSR count). The van der Waals surface area contributed by atoms with Crippen molar-refractivity contribution in [1.29, 1.82) is 0 Å². The first-order valence-corrected chi connectivity index (χ1v) is 7.86. The Morgan fingerprint density at radius 3 is 2.50 bits per heavy atom. The zero-order chi connectivity index (χ0) is 14.5. The first-order chi connectivity index (χ1) is 9.69. The van der Waals surface area contributed by atoms with Crippen molar-refractivity contribution in [3.8, 4) is 16.9 Å². The summed E-state index contributed by atoms with van der Waals surface area (Å²) >= 11 is 3.65. The van der Waals surface area contributed by atoms with Crippen molar-refractivity contribution in [3.63, 3.8) is 0 Å². The third-order valence-electron chi connectivity index (χ3n) is 3.44. The normalized spacial score (nSPS) is 10.6. The van der Waals surface area contributed by atoms with Crippen LogP contribution in [-0.2, 0) is 12.8 Å². The van der Waals surface area contributed by atoms with Gasteiger partial charge in [0.15, 0.2) is 0 Å². The molecule has 0 heterocycles. The molecule has 105 valence electrons. The van der Waals surface area contributed by atoms with Gasteiger partial charge in [-0.15, -0.1) is 0 Å². The van der Waals surface area contributed by atoms with Crippen LogP contribution < -0.4 is 4.74 Å². The van der Waals surface area contributed by atoms with Crippen LogP contribution in [0.3, 0.4) is 0 Å². The van der Waals surface area contributed by atoms with Gasteiger partial charge < -0.3 is 4.74 Å². The van der Waals surface area contributed by atoms with Crippen LogP contribution >= 0.6 is 15.9 Å². The summed E-state index contributed by atoms with van der Waals surface area (Å²) in [6, 6.07) is 14.0. The molecule has 2 heteroatoms. The van der Waals surface area contributed by atoms with Crippen LogP contribution in [0, 0.1) is 6.07 Å². The Hall–Kier alpha value is -1.28. The number of benzene rings is 2. The minimum absolute atomic E-state index is 0.804. The minimum Gasteiger partial charge on any atom is -0.495 e. The highest BCUT2D eigenvalue weighted by molar-refractivity contribution is 9.10. The van der Waals surface area contributed by atoms with Crippen molar-refractivity contribution >= 4 is 15.9 Å². The highest BCUT2D eigenvalue weighted by Gasteiger charge is 2.11. The number of hydrogen-bond donors (Lipinski definition) is 0. The van der Waals surface area contributed by atoms with Gasteiger partial charge in [-0.1, -0.05) is 42.3 Å². The molecule has 0 aliphatic heterocycles. The van der Waals surface area contributed by atoms with Gasteiger partial charge in [-0.3, -0.25) is 0 Å². The Morgan fingerprint density at radius 1 is 1.10 bits per heavy atom. The van der Waals surface area contributed by atoms with Gasteiger partial charge in [0.2, 0.25) is 0 Å². The second-order valence-electron chi connectivity index (χ2n) is 4.87. The van der Waals surface area contributed by atoms with Crippen molar-refractivity contribution in [2.75, 3.05) is 7.11 Å². The summed E-state index contributed by atoms with van der Waals surface area (Å²) < 4.78 is 6.58. The Labute approximate surface area is 130 Å². The molecule has 0 N–H and O–H groups in total. The van der Waals surface area contributed by atoms with Crippen LogP contribution in [0.4, 0.5) is 0 Å². The van der Waals surface area contributed by atoms with Gasteiger partial charge in [-0.05, 0) is 53.8 Å². The molecule has 0 bridgehead atoms. The number of rotatable bonds is 5. The van der Waals surface area contributed by atoms with Crippen molar-refractivity contribution in [1.82, 2.24) is 0 Å². The summed E-state index contributed by atoms with van der Waals surface area (Å²) in [6.07, 6.45) is 3.23. The molecule has 0 fully saturated rings. The third-order valence-corrected chi connectivity index (χ3v) is 4.13. The lowest BCUT2D eigenvalue weighted by molar-refractivity contribution is 0.415. The molecular weight excluding hydrogens is 312 g/mol. The topological polar surface area (TPSA) is 9.23 Å². The van der Waals surface area contributed by atoms with E-state index < -0.39 is 0 Å². The molecule has 0 saturated carbocycles. The lowest BCUT2D eigenvalue weighted by atomic mass is 9.98. The summed E-state index contributed by atoms with van der Waals surface area (Å²) in [6.45, 7) is 4.36. The second kappa shape index (κ2) is 6.94. The van der Waals surface area contributed by atoms with Crippen molar-refractivity contribution in [3.05, 3.63) is 52.0 Å². The number of hydrogen-bond acceptors (Lipinski definition) is 1. The molecule has 1 radical (unpaired) electrons. The molecule has 0 aromatic heterocycles. The standard InChI is InChI=1S/C18H20BrO/c1-4-6-14-8-10-18(20-3)16(12-14)15-11-13(5-2)7-9-17(15)19/h7-9,11-12H,4-6H2,1-3H3. The van der Waals surface area contributed by atoms with Gasteiger partial charge in [0, 0.05) is 16.1 Å². The summed E-state index contributed by atoms with van der Waals surface area (Å²) in [5, 5.41) is 0. The van der Waals surface area contributed by atoms with E-state index in [4.69, 9.17) is 4.74 Å². The smallest absolute Gasteiger partial charge is 0.134 e. The third kappa shape index (κ3) is 3.24. The lowest BCUT2D eigenvalue weighted by Gasteiger charge is -2.13. The first-order valence-electron chi connectivity index (χ1n) is 7.07. The van der Waals surface area contributed by atoms with Crippen LogP contribution in [0.25, 0.3) is 11.1 Å². The average Bonchev–Trinajstić information content (AvgIpc) is 2.48. The van der Waals surface area contributed by atoms with Gasteiger partial charge in [-0.2, -0.15) is 0 Å². The Morgan fingerprint density at radius 2 is 1.85 bits per heavy atom. The maximum absolute atomic E-state index is 5.48. The van der Waals surface area contributed by atoms with Crippen molar-refractivity contribution in [2.45, 2.75) is 33.1 Å². The van der Waals surface area contributed by atoms with Crippen molar-refractivity contribution < 1.29 is 4.74 Å². The molecule has 0 spiro atoms. The summed E-state index contributed by atoms with van der Waals surface area (Å²) in [4.78, 5) is 0. The maximum atomic E-state index is 5.48. The van der Waals surface area contributed by atoms with Crippen LogP contribution in [0.1, 0.15) is 31.4 Å². The lowest BCUT2D eigenvalue weighted by Crippen LogP contribution is -1.93. The summed E-state index contributed by atoms with van der Waals surface area (Å²) in [5.74, 6) is 0.804. The van der Waals surface area contributed by atoms with E-state index >= 15 is 0 Å².